The topological polar surface area (TPSA) is 379 Å². The number of hydrogen-bond acceptors (Lipinski definition) is 21. The van der Waals surface area contributed by atoms with E-state index in [9.17, 15) is 38.4 Å². The van der Waals surface area contributed by atoms with Crippen LogP contribution in [0.1, 0.15) is 201 Å². The Morgan fingerprint density at radius 2 is 0.823 bits per heavy atom. The van der Waals surface area contributed by atoms with Crippen LogP contribution in [0, 0.1) is 23.7 Å². The fourth-order valence-corrected chi connectivity index (χ4v) is 16.9. The number of rotatable bonds is 22. The zero-order valence-corrected chi connectivity index (χ0v) is 74.9. The first-order valence-corrected chi connectivity index (χ1v) is 43.5. The lowest BCUT2D eigenvalue weighted by Crippen LogP contribution is -2.53. The quantitative estimate of drug-likeness (QED) is 0.0245. The lowest BCUT2D eigenvalue weighted by atomic mass is 9.76. The Bertz CT molecular complexity index is 5020. The number of carbonyl (C=O) groups is 8. The Labute approximate surface area is 731 Å². The molecule has 7 aromatic rings. The fraction of sp³-hybridized carbons (Fsp3) is 0.511. The molecule has 0 bridgehead atoms. The van der Waals surface area contributed by atoms with Crippen LogP contribution in [0.2, 0.25) is 0 Å². The second kappa shape index (κ2) is 38.4. The molecule has 0 unspecified atom stereocenters. The molecule has 32 nitrogen and oxygen atoms in total. The van der Waals surface area contributed by atoms with Gasteiger partial charge in [-0.2, -0.15) is 0 Å². The Hall–Kier alpha value is -10.8. The third-order valence-corrected chi connectivity index (χ3v) is 25.6. The van der Waals surface area contributed by atoms with Gasteiger partial charge in [-0.1, -0.05) is 156 Å². The molecule has 7 fully saturated rings. The Balaban J connectivity index is 0.000000171. The lowest BCUT2D eigenvalue weighted by molar-refractivity contribution is -0.230. The molecule has 8 amide bonds. The van der Waals surface area contributed by atoms with Gasteiger partial charge >= 0.3 is 31.5 Å². The zero-order chi connectivity index (χ0) is 88.9. The number of ether oxygens (including phenoxy) is 4. The number of halogens is 1. The molecular weight excluding hydrogens is 1650 g/mol. The predicted octanol–water partition coefficient (Wildman–Crippen LogP) is 14.1. The number of aliphatic imine (C=N–C) groups is 1. The normalized spacial score (nSPS) is 21.0. The summed E-state index contributed by atoms with van der Waals surface area (Å²) in [7, 11) is 4.69. The molecule has 2 aliphatic carbocycles. The molecule has 0 radical (unpaired) electrons. The average molecular weight is 1770 g/mol. The first kappa shape index (κ1) is 90.9. The molecule has 6 aliphatic heterocycles. The largest absolute Gasteiger partial charge is 0.494 e. The van der Waals surface area contributed by atoms with E-state index < -0.39 is 84.5 Å². The van der Waals surface area contributed by atoms with Gasteiger partial charge in [-0.3, -0.25) is 38.7 Å². The standard InChI is InChI=1S/C43H53N7O7.C28H39BN4O6.C19H23BrN4O4/c1-25(2)36(47-41(53)55-5)39(51)49-20-7-9-34(49)32-21-31(23-44-32)29-12-10-27(11-13-29)28-14-16-30(17-15-28)33-24-45-38(46-33)35-22-43(18-8-19-43)57-50(35)40(52)37(26(3)4)48-42(54)56-6;1-17(2)22(32-25(35)36-7)24(34)33-21(15-28(39-33)13-8-14-28)23-30-16-20(31-23)18-9-11-19(12-10-18)29-37-26(3,4)27(5,6)38-29;1-11(2)16(23-19(26)27-3)18(25)24-15(8-9-28-24)17-21-10-14(22-17)12-4-6-13(20)7-5-12/h10-17,23-26,34-37H,7-9,18-22H2,1-6H3,(H,45,46)(H,47,53)(H,48,54);9-12,16-17,21-22H,8,13-15H2,1-7H3,(H,30,31)(H,32,35);4-7,10-11,15-16H,8-9H2,1-3H3,(H,21,22)(H,23,26)/t34-,35-,36-,37-;21-,22-;15-,16-/m000/s1. The summed E-state index contributed by atoms with van der Waals surface area (Å²) in [5, 5.41) is 14.8. The molecular formula is C90H115BBrN15O17. The fourth-order valence-electron chi connectivity index (χ4n) is 16.7. The van der Waals surface area contributed by atoms with Gasteiger partial charge < -0.3 is 69.4 Å². The second-order valence-corrected chi connectivity index (χ2v) is 36.2. The van der Waals surface area contributed by atoms with Gasteiger partial charge in [-0.15, -0.1) is 0 Å². The van der Waals surface area contributed by atoms with Crippen molar-refractivity contribution in [1.29, 1.82) is 0 Å². The molecule has 9 heterocycles. The Morgan fingerprint density at radius 1 is 0.460 bits per heavy atom. The van der Waals surface area contributed by atoms with E-state index in [1.54, 1.807) is 18.6 Å². The molecule has 15 rings (SSSR count). The number of nitrogens with zero attached hydrogens (tertiary/aromatic N) is 8. The van der Waals surface area contributed by atoms with Crippen molar-refractivity contribution in [3.63, 3.8) is 0 Å². The summed E-state index contributed by atoms with van der Waals surface area (Å²) in [5.41, 5.74) is 10.1. The first-order chi connectivity index (χ1) is 59.1. The summed E-state index contributed by atoms with van der Waals surface area (Å²) in [6.45, 7) is 24.2. The number of nitrogens with one attached hydrogen (secondary N) is 7. The number of H-pyrrole nitrogens is 3. The molecule has 3 aromatic heterocycles. The van der Waals surface area contributed by atoms with E-state index >= 15 is 0 Å². The number of amides is 8. The van der Waals surface area contributed by atoms with Crippen LogP contribution in [0.4, 0.5) is 19.2 Å². The van der Waals surface area contributed by atoms with Crippen LogP contribution < -0.4 is 26.7 Å². The summed E-state index contributed by atoms with van der Waals surface area (Å²) in [4.78, 5) is 151. The van der Waals surface area contributed by atoms with E-state index in [0.717, 1.165) is 123 Å². The maximum absolute atomic E-state index is 13.8. The van der Waals surface area contributed by atoms with Gasteiger partial charge in [0.25, 0.3) is 17.7 Å². The number of imidazole rings is 3. The third kappa shape index (κ3) is 20.0. The zero-order valence-electron chi connectivity index (χ0n) is 73.3. The molecule has 7 N–H and O–H groups in total. The van der Waals surface area contributed by atoms with Crippen LogP contribution in [0.5, 0.6) is 0 Å². The van der Waals surface area contributed by atoms with E-state index in [2.05, 4.69) is 115 Å². The lowest BCUT2D eigenvalue weighted by Gasteiger charge is -2.37. The Kier molecular flexibility index (Phi) is 28.1. The molecule has 2 spiro atoms. The van der Waals surface area contributed by atoms with Gasteiger partial charge in [-0.25, -0.2) is 49.3 Å². The molecule has 2 saturated carbocycles. The van der Waals surface area contributed by atoms with E-state index in [1.165, 1.54) is 43.6 Å². The van der Waals surface area contributed by atoms with Crippen LogP contribution in [-0.2, 0) is 61.9 Å². The van der Waals surface area contributed by atoms with Crippen LogP contribution in [0.25, 0.3) is 50.5 Å². The number of hydroxylamine groups is 6. The number of aromatic nitrogens is 6. The minimum atomic E-state index is -0.811. The maximum atomic E-state index is 13.8. The average Bonchev–Trinajstić information content (AvgIpc) is 1.60. The minimum absolute atomic E-state index is 0.0883. The SMILES string of the molecule is COC(=O)N[C@H](C(=O)N1CCC[C@H]1C1=NC=C(c2ccc(-c3ccc(-c4cnc([C@@H]5CC6(CCC6)ON5C(=O)[C@@H](NC(=O)OC)C(C)C)[nH]4)cc3)cc2)C1)C(C)C.COC(=O)N[C@H](C(=O)N1OC2(CCC2)C[C@H]1c1ncc(-c2ccc(B3OC(C)(C)C(C)(C)O3)cc2)[nH]1)C(C)C.COC(=O)N[C@H](C(=O)N1OCC[C@H]1c1ncc(-c2ccc(Br)cc2)[nH]1)C(C)C. The summed E-state index contributed by atoms with van der Waals surface area (Å²) in [5.74, 6) is 0.297. The van der Waals surface area contributed by atoms with Crippen molar-refractivity contribution in [2.45, 2.75) is 231 Å². The molecule has 124 heavy (non-hydrogen) atoms. The van der Waals surface area contributed by atoms with Crippen molar-refractivity contribution in [3.05, 3.63) is 149 Å². The summed E-state index contributed by atoms with van der Waals surface area (Å²) < 4.78 is 32.3. The Morgan fingerprint density at radius 3 is 1.21 bits per heavy atom. The summed E-state index contributed by atoms with van der Waals surface area (Å²) in [6.07, 6.45) is 14.5. The molecule has 662 valence electrons. The molecule has 4 aromatic carbocycles. The number of likely N-dealkylation sites (tertiary alicyclic amines) is 1. The highest BCUT2D eigenvalue weighted by Crippen LogP contribution is 2.53. The highest BCUT2D eigenvalue weighted by atomic mass is 79.9. The van der Waals surface area contributed by atoms with Crippen molar-refractivity contribution in [2.24, 2.45) is 28.7 Å². The molecule has 5 saturated heterocycles. The highest BCUT2D eigenvalue weighted by molar-refractivity contribution is 9.10. The van der Waals surface area contributed by atoms with E-state index in [0.29, 0.717) is 56.3 Å². The third-order valence-electron chi connectivity index (χ3n) is 25.0. The number of alkyl carbamates (subject to hydrolysis) is 4. The maximum Gasteiger partial charge on any atom is 0.494 e. The monoisotopic (exact) mass is 1770 g/mol. The highest BCUT2D eigenvalue weighted by Gasteiger charge is 2.57. The van der Waals surface area contributed by atoms with Crippen molar-refractivity contribution >= 4 is 87.8 Å². The number of hydrogen-bond donors (Lipinski definition) is 7. The van der Waals surface area contributed by atoms with Gasteiger partial charge in [-0.05, 0) is 159 Å². The number of benzene rings is 4. The number of carbonyl (C=O) groups excluding carboxylic acids is 8. The van der Waals surface area contributed by atoms with Crippen LogP contribution in [0.3, 0.4) is 0 Å². The second-order valence-electron chi connectivity index (χ2n) is 35.3. The first-order valence-electron chi connectivity index (χ1n) is 42.7. The molecule has 34 heteroatoms. The number of methoxy groups -OCH3 is 4. The van der Waals surface area contributed by atoms with Gasteiger partial charge in [0.15, 0.2) is 0 Å². The van der Waals surface area contributed by atoms with Crippen LogP contribution in [0.15, 0.2) is 131 Å². The molecule has 8 aliphatic rings. The smallest absolute Gasteiger partial charge is 0.453 e. The summed E-state index contributed by atoms with van der Waals surface area (Å²) >= 11 is 3.42. The van der Waals surface area contributed by atoms with Crippen molar-refractivity contribution in [1.82, 2.24) is 71.3 Å². The predicted molar refractivity (Wildman–Crippen MR) is 466 cm³/mol. The number of aromatic amines is 3. The van der Waals surface area contributed by atoms with Crippen LogP contribution >= 0.6 is 15.9 Å². The van der Waals surface area contributed by atoms with E-state index in [4.69, 9.17) is 48.0 Å². The van der Waals surface area contributed by atoms with Crippen molar-refractivity contribution in [3.8, 4) is 44.9 Å². The number of allylic oxidation sites excluding steroid dienone is 1. The van der Waals surface area contributed by atoms with Gasteiger partial charge in [0, 0.05) is 48.6 Å². The van der Waals surface area contributed by atoms with Gasteiger partial charge in [0.1, 0.15) is 59.8 Å². The van der Waals surface area contributed by atoms with Crippen LogP contribution in [-0.4, -0.2) is 205 Å². The van der Waals surface area contributed by atoms with Crippen molar-refractivity contribution < 1.29 is 81.1 Å². The van der Waals surface area contributed by atoms with E-state index in [-0.39, 0.29) is 65.0 Å². The minimum Gasteiger partial charge on any atom is -0.453 e. The van der Waals surface area contributed by atoms with Crippen molar-refractivity contribution in [2.75, 3.05) is 41.6 Å². The molecule has 8 atom stereocenters. The van der Waals surface area contributed by atoms with Gasteiger partial charge in [0.05, 0.1) is 99.2 Å². The summed E-state index contributed by atoms with van der Waals surface area (Å²) in [6, 6.07) is 28.3. The van der Waals surface area contributed by atoms with Gasteiger partial charge in [0.2, 0.25) is 5.91 Å². The van der Waals surface area contributed by atoms with E-state index in [1.807, 2.05) is 143 Å².